The third kappa shape index (κ3) is 4.04. The van der Waals surface area contributed by atoms with E-state index in [1.54, 1.807) is 12.1 Å². The van der Waals surface area contributed by atoms with Gasteiger partial charge in [-0.1, -0.05) is 15.9 Å². The number of fused-ring (bicyclic) bond motifs is 1. The number of likely N-dealkylation sites (N-methyl/N-ethyl adjacent to an activating group) is 1. The largest absolute Gasteiger partial charge is 0.600 e. The summed E-state index contributed by atoms with van der Waals surface area (Å²) in [4.78, 5) is 22.0. The Balaban J connectivity index is 2.17. The molecule has 21 heavy (non-hydrogen) atoms. The number of nitrogens with zero attached hydrogens (tertiary/aromatic N) is 2. The highest BCUT2D eigenvalue weighted by Crippen LogP contribution is 2.62. The second kappa shape index (κ2) is 6.15. The molecule has 1 aromatic rings. The van der Waals surface area contributed by atoms with Crippen molar-refractivity contribution in [1.82, 2.24) is 4.90 Å². The summed E-state index contributed by atoms with van der Waals surface area (Å²) in [6.07, 6.45) is 0. The lowest BCUT2D eigenvalue weighted by atomic mass is 10.2. The predicted molar refractivity (Wildman–Crippen MR) is 80.6 cm³/mol. The van der Waals surface area contributed by atoms with Crippen LogP contribution in [0.25, 0.3) is 0 Å². The van der Waals surface area contributed by atoms with E-state index in [-0.39, 0.29) is 19.1 Å². The molecule has 0 fully saturated rings. The number of benzene rings is 1. The Morgan fingerprint density at radius 3 is 3.00 bits per heavy atom. The number of hydrogen-bond acceptors (Lipinski definition) is 5. The minimum atomic E-state index is -3.55. The summed E-state index contributed by atoms with van der Waals surface area (Å²) in [6.45, 7) is -0.225. The van der Waals surface area contributed by atoms with E-state index in [0.717, 1.165) is 10.0 Å². The van der Waals surface area contributed by atoms with Crippen LogP contribution >= 0.6 is 24.0 Å². The van der Waals surface area contributed by atoms with Crippen molar-refractivity contribution in [1.29, 1.82) is 0 Å². The monoisotopic (exact) mass is 378 g/mol. The molecule has 10 heteroatoms. The van der Waals surface area contributed by atoms with Crippen LogP contribution in [0.1, 0.15) is 5.56 Å². The summed E-state index contributed by atoms with van der Waals surface area (Å²) in [5.74, 6) is -0.784. The molecule has 4 N–H and O–H groups in total. The van der Waals surface area contributed by atoms with Crippen molar-refractivity contribution in [3.8, 4) is 5.75 Å². The molecule has 0 saturated carbocycles. The Bertz CT molecular complexity index is 599. The highest BCUT2D eigenvalue weighted by molar-refractivity contribution is 9.10. The van der Waals surface area contributed by atoms with Gasteiger partial charge in [0.2, 0.25) is 5.96 Å². The molecule has 0 aliphatic carbocycles. The normalized spacial score (nSPS) is 21.4. The molecule has 0 radical (unpaired) electrons. The Morgan fingerprint density at radius 1 is 1.62 bits per heavy atom. The van der Waals surface area contributed by atoms with Crippen LogP contribution in [0.5, 0.6) is 5.75 Å². The second-order valence-corrected chi connectivity index (χ2v) is 6.85. The van der Waals surface area contributed by atoms with Gasteiger partial charge in [-0.15, -0.1) is 4.52 Å². The lowest BCUT2D eigenvalue weighted by molar-refractivity contribution is -0.137. The highest BCUT2D eigenvalue weighted by Gasteiger charge is 2.49. The molecular weight excluding hydrogens is 365 g/mol. The van der Waals surface area contributed by atoms with Crippen LogP contribution in [0, 0.1) is 0 Å². The number of rotatable bonds is 3. The number of carboxylic acids is 1. The first-order valence-electron chi connectivity index (χ1n) is 5.82. The molecule has 1 aromatic carbocycles. The first-order valence-corrected chi connectivity index (χ1v) is 8.14. The standard InChI is InChI=1S/C11H13BrN3O5P/c1-15(5-10(16)17)11(13)14-21(18)19-6-7-4-8(12)2-3-9(7)20-21/h2-4,18H,5-6H2,1H3,(H2-,13,14,16,17)/p+1. The molecule has 0 aromatic heterocycles. The number of hydrogen-bond donors (Lipinski definition) is 3. The third-order valence-corrected chi connectivity index (χ3v) is 4.47. The molecular formula is C11H14BrN3O5P+. The minimum Gasteiger partial charge on any atom is -0.480 e. The minimum absolute atomic E-state index is 0.123. The van der Waals surface area contributed by atoms with Crippen LogP contribution in [-0.4, -0.2) is 40.4 Å². The van der Waals surface area contributed by atoms with Crippen molar-refractivity contribution in [3.63, 3.8) is 0 Å². The molecule has 0 saturated heterocycles. The van der Waals surface area contributed by atoms with E-state index in [1.807, 2.05) is 6.07 Å². The Morgan fingerprint density at radius 2 is 2.33 bits per heavy atom. The van der Waals surface area contributed by atoms with E-state index in [0.29, 0.717) is 5.75 Å². The van der Waals surface area contributed by atoms with Gasteiger partial charge >= 0.3 is 14.1 Å². The molecule has 0 bridgehead atoms. The molecule has 1 aliphatic rings. The fraction of sp³-hybridized carbons (Fsp3) is 0.273. The van der Waals surface area contributed by atoms with Gasteiger partial charge in [-0.3, -0.25) is 9.32 Å². The summed E-state index contributed by atoms with van der Waals surface area (Å²) in [5, 5.41) is 8.69. The van der Waals surface area contributed by atoms with Gasteiger partial charge in [0.15, 0.2) is 5.75 Å². The maximum Gasteiger partial charge on any atom is 0.600 e. The Hall–Kier alpha value is -1.41. The van der Waals surface area contributed by atoms with Crippen LogP contribution in [-0.2, 0) is 15.9 Å². The summed E-state index contributed by atoms with van der Waals surface area (Å²) >= 11 is 3.33. The summed E-state index contributed by atoms with van der Waals surface area (Å²) in [7, 11) is -2.11. The summed E-state index contributed by atoms with van der Waals surface area (Å²) < 4.78 is 15.3. The van der Waals surface area contributed by atoms with E-state index in [2.05, 4.69) is 20.7 Å². The Kier molecular flexibility index (Phi) is 4.67. The number of aliphatic carboxylic acids is 1. The second-order valence-electron chi connectivity index (χ2n) is 4.32. The predicted octanol–water partition coefficient (Wildman–Crippen LogP) is 1.36. The smallest absolute Gasteiger partial charge is 0.480 e. The molecule has 1 unspecified atom stereocenters. The van der Waals surface area contributed by atoms with Gasteiger partial charge in [-0.25, -0.2) is 0 Å². The van der Waals surface area contributed by atoms with Crippen LogP contribution in [0.2, 0.25) is 0 Å². The van der Waals surface area contributed by atoms with E-state index in [9.17, 15) is 9.69 Å². The molecule has 114 valence electrons. The molecule has 1 aliphatic heterocycles. The fourth-order valence-electron chi connectivity index (χ4n) is 1.60. The van der Waals surface area contributed by atoms with Crippen molar-refractivity contribution in [3.05, 3.63) is 28.2 Å². The van der Waals surface area contributed by atoms with E-state index < -0.39 is 14.1 Å². The van der Waals surface area contributed by atoms with Crippen molar-refractivity contribution in [2.24, 2.45) is 10.5 Å². The lowest BCUT2D eigenvalue weighted by Gasteiger charge is -2.21. The van der Waals surface area contributed by atoms with Crippen molar-refractivity contribution < 1.29 is 23.8 Å². The van der Waals surface area contributed by atoms with Gasteiger partial charge in [0, 0.05) is 21.8 Å². The van der Waals surface area contributed by atoms with Gasteiger partial charge in [-0.05, 0) is 18.2 Å². The SMILES string of the molecule is CN(CC(=O)O)C(N)=N[P+]1(O)OCc2cc(Br)ccc2O1. The van der Waals surface area contributed by atoms with Crippen LogP contribution in [0.4, 0.5) is 0 Å². The first-order chi connectivity index (χ1) is 9.79. The molecule has 0 spiro atoms. The number of guanidine groups is 1. The maximum absolute atomic E-state index is 10.6. The maximum atomic E-state index is 10.6. The quantitative estimate of drug-likeness (QED) is 0.412. The van der Waals surface area contributed by atoms with Gasteiger partial charge in [0.1, 0.15) is 13.2 Å². The van der Waals surface area contributed by atoms with Gasteiger partial charge in [0.05, 0.1) is 0 Å². The van der Waals surface area contributed by atoms with Gasteiger partial charge < -0.3 is 15.7 Å². The van der Waals surface area contributed by atoms with Crippen molar-refractivity contribution in [2.75, 3.05) is 13.6 Å². The summed E-state index contributed by atoms with van der Waals surface area (Å²) in [5.41, 5.74) is 6.40. The van der Waals surface area contributed by atoms with Crippen molar-refractivity contribution in [2.45, 2.75) is 6.61 Å². The van der Waals surface area contributed by atoms with E-state index >= 15 is 0 Å². The van der Waals surface area contributed by atoms with Gasteiger partial charge in [-0.2, -0.15) is 4.89 Å². The number of halogens is 1. The molecule has 1 atom stereocenters. The van der Waals surface area contributed by atoms with Crippen molar-refractivity contribution >= 4 is 36.0 Å². The number of carbonyl (C=O) groups is 1. The zero-order chi connectivity index (χ0) is 15.6. The molecule has 8 nitrogen and oxygen atoms in total. The van der Waals surface area contributed by atoms with E-state index in [4.69, 9.17) is 19.9 Å². The average molecular weight is 379 g/mol. The first kappa shape index (κ1) is 16.0. The van der Waals surface area contributed by atoms with Crippen LogP contribution in [0.15, 0.2) is 27.4 Å². The summed E-state index contributed by atoms with van der Waals surface area (Å²) in [6, 6.07) is 5.25. The van der Waals surface area contributed by atoms with E-state index in [1.165, 1.54) is 11.9 Å². The molecule has 0 amide bonds. The lowest BCUT2D eigenvalue weighted by Crippen LogP contribution is -2.38. The number of carboxylic acid groups (broad SMARTS) is 1. The molecule has 2 rings (SSSR count). The number of nitrogens with two attached hydrogens (primary N) is 1. The Labute approximate surface area is 129 Å². The van der Waals surface area contributed by atoms with Crippen LogP contribution in [0.3, 0.4) is 0 Å². The highest BCUT2D eigenvalue weighted by atomic mass is 79.9. The zero-order valence-corrected chi connectivity index (χ0v) is 13.5. The third-order valence-electron chi connectivity index (χ3n) is 2.62. The van der Waals surface area contributed by atoms with Crippen LogP contribution < -0.4 is 10.3 Å². The zero-order valence-electron chi connectivity index (χ0n) is 11.1. The average Bonchev–Trinajstić information content (AvgIpc) is 2.38. The topological polar surface area (TPSA) is 118 Å². The fourth-order valence-corrected chi connectivity index (χ4v) is 3.31. The molecule has 1 heterocycles. The van der Waals surface area contributed by atoms with Gasteiger partial charge in [0.25, 0.3) is 0 Å².